The molecule has 0 nitrogen and oxygen atoms in total. The van der Waals surface area contributed by atoms with Crippen LogP contribution in [0.5, 0.6) is 0 Å². The Kier molecular flexibility index (Phi) is 8.93. The maximum absolute atomic E-state index is 2.41. The zero-order valence-corrected chi connectivity index (χ0v) is 36.7. The first kappa shape index (κ1) is 38.2. The Morgan fingerprint density at radius 1 is 0.212 bits per heavy atom. The maximum Gasteiger partial charge on any atom is 0.00735 e. The van der Waals surface area contributed by atoms with Crippen LogP contribution in [0.3, 0.4) is 0 Å². The average Bonchev–Trinajstić information content (AvgIpc) is 3.68. The van der Waals surface area contributed by atoms with Gasteiger partial charge < -0.3 is 0 Å². The first-order chi connectivity index (χ1) is 32.7. The van der Waals surface area contributed by atoms with Gasteiger partial charge in [0.1, 0.15) is 0 Å². The third kappa shape index (κ3) is 6.06. The smallest absolute Gasteiger partial charge is 0.00735 e. The number of benzene rings is 12. The van der Waals surface area contributed by atoms with E-state index in [2.05, 4.69) is 250 Å². The molecular formula is C66H44. The molecule has 308 valence electrons. The van der Waals surface area contributed by atoms with Crippen molar-refractivity contribution in [2.24, 2.45) is 0 Å². The zero-order chi connectivity index (χ0) is 43.7. The van der Waals surface area contributed by atoms with Crippen LogP contribution in [0.4, 0.5) is 0 Å². The number of rotatable bonds is 6. The lowest BCUT2D eigenvalue weighted by atomic mass is 9.83. The summed E-state index contributed by atoms with van der Waals surface area (Å²) in [5.41, 5.74) is 20.5. The number of fused-ring (bicyclic) bond motifs is 7. The van der Waals surface area contributed by atoms with Crippen molar-refractivity contribution in [1.82, 2.24) is 0 Å². The molecule has 0 saturated carbocycles. The lowest BCUT2D eigenvalue weighted by Gasteiger charge is -2.20. The molecule has 0 heteroatoms. The van der Waals surface area contributed by atoms with Crippen molar-refractivity contribution in [1.29, 1.82) is 0 Å². The van der Waals surface area contributed by atoms with E-state index >= 15 is 0 Å². The van der Waals surface area contributed by atoms with Crippen LogP contribution in [0.1, 0.15) is 24.0 Å². The monoisotopic (exact) mass is 836 g/mol. The predicted octanol–water partition coefficient (Wildman–Crippen LogP) is 18.4. The van der Waals surface area contributed by atoms with Gasteiger partial charge in [0, 0.05) is 5.92 Å². The van der Waals surface area contributed by atoms with E-state index in [4.69, 9.17) is 0 Å². The second-order valence-electron chi connectivity index (χ2n) is 17.9. The molecule has 0 aliphatic heterocycles. The molecule has 0 heterocycles. The minimum absolute atomic E-state index is 0.391. The maximum atomic E-state index is 2.41. The van der Waals surface area contributed by atoms with E-state index in [1.165, 1.54) is 132 Å². The zero-order valence-electron chi connectivity index (χ0n) is 36.7. The molecule has 66 heavy (non-hydrogen) atoms. The highest BCUT2D eigenvalue weighted by Crippen LogP contribution is 2.49. The Hall–Kier alpha value is -8.32. The van der Waals surface area contributed by atoms with Gasteiger partial charge in [0.25, 0.3) is 0 Å². The van der Waals surface area contributed by atoms with Gasteiger partial charge in [0.05, 0.1) is 0 Å². The second kappa shape index (κ2) is 15.4. The first-order valence-corrected chi connectivity index (χ1v) is 23.2. The van der Waals surface area contributed by atoms with E-state index in [0.717, 1.165) is 0 Å². The first-order valence-electron chi connectivity index (χ1n) is 23.2. The molecule has 13 rings (SSSR count). The minimum Gasteiger partial charge on any atom is -0.0622 e. The standard InChI is InChI=1S/C66H44/c1-42-51-20-8-9-21-52(51)53-38-36-49(40-61(42)53)44-28-30-46(31-29-44)63-54-22-10-12-24-56(54)64(57-25-13-11-23-55(57)63)47-32-34-48(35-33-47)65-58-26-14-15-27-59(58)66(45-18-6-3-7-19-45)62-41-50(37-39-60(62)65)43-16-4-2-5-17-43/h2-42H,1H3. The molecule has 0 amide bonds. The van der Waals surface area contributed by atoms with Crippen LogP contribution in [0, 0.1) is 0 Å². The summed E-state index contributed by atoms with van der Waals surface area (Å²) in [5.74, 6) is 0.391. The molecular weight excluding hydrogens is 793 g/mol. The van der Waals surface area contributed by atoms with Crippen LogP contribution >= 0.6 is 0 Å². The van der Waals surface area contributed by atoms with Crippen LogP contribution < -0.4 is 0 Å². The third-order valence-corrected chi connectivity index (χ3v) is 14.3. The van der Waals surface area contributed by atoms with Gasteiger partial charge in [-0.2, -0.15) is 0 Å². The van der Waals surface area contributed by atoms with Crippen molar-refractivity contribution in [3.8, 4) is 77.9 Å². The summed E-state index contributed by atoms with van der Waals surface area (Å²) < 4.78 is 0. The van der Waals surface area contributed by atoms with E-state index in [1.54, 1.807) is 0 Å². The highest BCUT2D eigenvalue weighted by Gasteiger charge is 2.25. The summed E-state index contributed by atoms with van der Waals surface area (Å²) in [6.07, 6.45) is 0. The Morgan fingerprint density at radius 2 is 0.530 bits per heavy atom. The quantitative estimate of drug-likeness (QED) is 0.146. The Balaban J connectivity index is 0.933. The predicted molar refractivity (Wildman–Crippen MR) is 282 cm³/mol. The lowest BCUT2D eigenvalue weighted by Crippen LogP contribution is -1.93. The fourth-order valence-electron chi connectivity index (χ4n) is 11.2. The summed E-state index contributed by atoms with van der Waals surface area (Å²) in [7, 11) is 0. The fourth-order valence-corrected chi connectivity index (χ4v) is 11.2. The molecule has 1 unspecified atom stereocenters. The summed E-state index contributed by atoms with van der Waals surface area (Å²) >= 11 is 0. The summed E-state index contributed by atoms with van der Waals surface area (Å²) in [6.45, 7) is 2.33. The van der Waals surface area contributed by atoms with Crippen molar-refractivity contribution < 1.29 is 0 Å². The van der Waals surface area contributed by atoms with Crippen LogP contribution in [0.15, 0.2) is 243 Å². The summed E-state index contributed by atoms with van der Waals surface area (Å²) in [5, 5.41) is 10.1. The van der Waals surface area contributed by atoms with Gasteiger partial charge in [-0.25, -0.2) is 0 Å². The third-order valence-electron chi connectivity index (χ3n) is 14.3. The Labute approximate surface area is 385 Å². The molecule has 1 aliphatic carbocycles. The van der Waals surface area contributed by atoms with Crippen molar-refractivity contribution in [2.45, 2.75) is 12.8 Å². The van der Waals surface area contributed by atoms with Gasteiger partial charge in [-0.3, -0.25) is 0 Å². The van der Waals surface area contributed by atoms with Gasteiger partial charge in [-0.15, -0.1) is 0 Å². The van der Waals surface area contributed by atoms with Crippen LogP contribution in [-0.2, 0) is 0 Å². The average molecular weight is 837 g/mol. The summed E-state index contributed by atoms with van der Waals surface area (Å²) in [4.78, 5) is 0. The molecule has 0 fully saturated rings. The van der Waals surface area contributed by atoms with Crippen molar-refractivity contribution in [2.75, 3.05) is 0 Å². The van der Waals surface area contributed by atoms with Crippen molar-refractivity contribution in [3.05, 3.63) is 254 Å². The van der Waals surface area contributed by atoms with Gasteiger partial charge in [0.2, 0.25) is 0 Å². The van der Waals surface area contributed by atoms with Crippen LogP contribution in [0.2, 0.25) is 0 Å². The topological polar surface area (TPSA) is 0 Å². The van der Waals surface area contributed by atoms with E-state index in [0.29, 0.717) is 5.92 Å². The summed E-state index contributed by atoms with van der Waals surface area (Å²) in [6, 6.07) is 90.1. The molecule has 0 N–H and O–H groups in total. The normalized spacial score (nSPS) is 13.1. The molecule has 12 aromatic rings. The number of hydrogen-bond acceptors (Lipinski definition) is 0. The molecule has 0 bridgehead atoms. The Morgan fingerprint density at radius 3 is 1.05 bits per heavy atom. The van der Waals surface area contributed by atoms with E-state index in [1.807, 2.05) is 0 Å². The fraction of sp³-hybridized carbons (Fsp3) is 0.0303. The highest BCUT2D eigenvalue weighted by atomic mass is 14.3. The van der Waals surface area contributed by atoms with E-state index < -0.39 is 0 Å². The van der Waals surface area contributed by atoms with Gasteiger partial charge >= 0.3 is 0 Å². The van der Waals surface area contributed by atoms with Crippen LogP contribution in [-0.4, -0.2) is 0 Å². The molecule has 12 aromatic carbocycles. The SMILES string of the molecule is CC1c2ccccc2-c2ccc(-c3ccc(-c4c5ccccc5c(-c5ccc(-c6c7ccccc7c(-c7ccccc7)c7cc(-c8ccccc8)ccc67)cc5)c5ccccc45)cc3)cc21. The van der Waals surface area contributed by atoms with Gasteiger partial charge in [-0.1, -0.05) is 237 Å². The molecule has 1 aliphatic rings. The lowest BCUT2D eigenvalue weighted by molar-refractivity contribution is 0.957. The largest absolute Gasteiger partial charge is 0.0622 e. The molecule has 0 aromatic heterocycles. The number of hydrogen-bond donors (Lipinski definition) is 0. The van der Waals surface area contributed by atoms with Crippen molar-refractivity contribution in [3.63, 3.8) is 0 Å². The van der Waals surface area contributed by atoms with Crippen molar-refractivity contribution >= 4 is 43.1 Å². The molecule has 1 atom stereocenters. The Bertz CT molecular complexity index is 3780. The second-order valence-corrected chi connectivity index (χ2v) is 17.9. The van der Waals surface area contributed by atoms with Gasteiger partial charge in [0.15, 0.2) is 0 Å². The van der Waals surface area contributed by atoms with Gasteiger partial charge in [-0.05, 0) is 144 Å². The van der Waals surface area contributed by atoms with E-state index in [9.17, 15) is 0 Å². The highest BCUT2D eigenvalue weighted by molar-refractivity contribution is 6.23. The molecule has 0 spiro atoms. The molecule has 0 saturated heterocycles. The van der Waals surface area contributed by atoms with Crippen LogP contribution in [0.25, 0.3) is 121 Å². The van der Waals surface area contributed by atoms with E-state index in [-0.39, 0.29) is 0 Å². The molecule has 0 radical (unpaired) electrons. The minimum atomic E-state index is 0.391.